The summed E-state index contributed by atoms with van der Waals surface area (Å²) in [5, 5.41) is 18.2. The van der Waals surface area contributed by atoms with Crippen molar-refractivity contribution in [3.63, 3.8) is 0 Å². The fourth-order valence-electron chi connectivity index (χ4n) is 6.50. The van der Waals surface area contributed by atoms with Gasteiger partial charge in [0.05, 0.1) is 42.3 Å². The second-order valence-corrected chi connectivity index (χ2v) is 13.5. The molecule has 7 rings (SSSR count). The molecule has 0 saturated heterocycles. The van der Waals surface area contributed by atoms with E-state index in [1.54, 1.807) is 57.9 Å². The number of rotatable bonds is 8. The molecule has 2 atom stereocenters. The van der Waals surface area contributed by atoms with Gasteiger partial charge < -0.3 is 15.3 Å². The first-order valence-corrected chi connectivity index (χ1v) is 17.1. The van der Waals surface area contributed by atoms with E-state index >= 15 is 0 Å². The maximum Gasteiger partial charge on any atom is 0.333 e. The molecule has 13 heteroatoms. The van der Waals surface area contributed by atoms with E-state index < -0.39 is 12.0 Å². The third-order valence-electron chi connectivity index (χ3n) is 9.01. The zero-order valence-corrected chi connectivity index (χ0v) is 29.3. The van der Waals surface area contributed by atoms with Crippen LogP contribution >= 0.6 is 15.9 Å². The number of nitrogens with zero attached hydrogens (tertiary/aromatic N) is 7. The number of nitrogens with one attached hydrogen (secondary N) is 1. The molecule has 4 heterocycles. The number of imidazole rings is 1. The second kappa shape index (κ2) is 13.5. The van der Waals surface area contributed by atoms with Crippen LogP contribution in [0.4, 0.5) is 0 Å². The monoisotopic (exact) mass is 734 g/mol. The number of aryl methyl sites for hydroxylation is 1. The van der Waals surface area contributed by atoms with Crippen LogP contribution in [0.3, 0.4) is 0 Å². The SMILES string of the molecule is Cc1cc(C(=O)N2Cc3c(C(=O)NCc4ccccc4-c4ncccn4)n(-c4ccc5c(cnn5C[C@H](C)O)c4)c(=O)n3C[C@@H]2C)ccc1Br. The van der Waals surface area contributed by atoms with E-state index in [-0.39, 0.29) is 43.0 Å². The van der Waals surface area contributed by atoms with Crippen molar-refractivity contribution in [2.24, 2.45) is 0 Å². The molecule has 0 radical (unpaired) electrons. The normalized spacial score (nSPS) is 14.8. The van der Waals surface area contributed by atoms with E-state index in [0.29, 0.717) is 29.3 Å². The van der Waals surface area contributed by atoms with Gasteiger partial charge in [-0.2, -0.15) is 5.10 Å². The first-order valence-electron chi connectivity index (χ1n) is 16.3. The molecule has 0 unspecified atom stereocenters. The average molecular weight is 736 g/mol. The lowest BCUT2D eigenvalue weighted by Gasteiger charge is -2.34. The Balaban J connectivity index is 1.30. The summed E-state index contributed by atoms with van der Waals surface area (Å²) in [4.78, 5) is 53.1. The molecule has 2 N–H and O–H groups in total. The summed E-state index contributed by atoms with van der Waals surface area (Å²) >= 11 is 3.51. The Bertz CT molecular complexity index is 2310. The standard InChI is InChI=1S/C37H35BrN8O4/c1-22-15-25(9-11-30(22)38)36(49)43-21-32-33(35(48)41-17-26-7-4-5-8-29(26)34-39-13-6-14-40-34)46(37(50)44(32)19-23(43)2)28-10-12-31-27(16-28)18-42-45(31)20-24(3)47/h4-16,18,23-24,47H,17,19-21H2,1-3H3,(H,41,48)/t23-,24-/m0/s1. The number of fused-ring (bicyclic) bond motifs is 2. The van der Waals surface area contributed by atoms with Crippen LogP contribution in [0.2, 0.25) is 0 Å². The lowest BCUT2D eigenvalue weighted by atomic mass is 10.1. The van der Waals surface area contributed by atoms with Crippen molar-refractivity contribution in [1.29, 1.82) is 0 Å². The van der Waals surface area contributed by atoms with Gasteiger partial charge in [-0.15, -0.1) is 0 Å². The number of hydrogen-bond acceptors (Lipinski definition) is 7. The minimum Gasteiger partial charge on any atom is -0.391 e. The molecular formula is C37H35BrN8O4. The van der Waals surface area contributed by atoms with Gasteiger partial charge in [0, 0.05) is 52.5 Å². The highest BCUT2D eigenvalue weighted by molar-refractivity contribution is 9.10. The molecule has 0 aliphatic carbocycles. The number of aliphatic hydroxyl groups is 1. The van der Waals surface area contributed by atoms with Gasteiger partial charge >= 0.3 is 5.69 Å². The van der Waals surface area contributed by atoms with E-state index in [1.165, 1.54) is 4.57 Å². The number of halogens is 1. The minimum absolute atomic E-state index is 0.0586. The smallest absolute Gasteiger partial charge is 0.333 e. The fourth-order valence-corrected chi connectivity index (χ4v) is 6.75. The van der Waals surface area contributed by atoms with Crippen molar-refractivity contribution in [2.45, 2.75) is 59.1 Å². The summed E-state index contributed by atoms with van der Waals surface area (Å²) in [6.45, 7) is 6.25. The summed E-state index contributed by atoms with van der Waals surface area (Å²) in [6, 6.07) is 19.8. The number of carbonyl (C=O) groups is 2. The van der Waals surface area contributed by atoms with Crippen molar-refractivity contribution in [3.8, 4) is 17.1 Å². The van der Waals surface area contributed by atoms with Crippen molar-refractivity contribution in [3.05, 3.63) is 128 Å². The number of carbonyl (C=O) groups excluding carboxylic acids is 2. The summed E-state index contributed by atoms with van der Waals surface area (Å²) < 4.78 is 5.63. The van der Waals surface area contributed by atoms with Gasteiger partial charge in [-0.05, 0) is 74.4 Å². The largest absolute Gasteiger partial charge is 0.391 e. The molecule has 3 aromatic carbocycles. The van der Waals surface area contributed by atoms with Gasteiger partial charge in [-0.1, -0.05) is 40.2 Å². The van der Waals surface area contributed by atoms with Crippen LogP contribution in [0.15, 0.2) is 94.6 Å². The number of hydrogen-bond donors (Lipinski definition) is 2. The fraction of sp³-hybridized carbons (Fsp3) is 0.243. The molecule has 254 valence electrons. The molecule has 12 nitrogen and oxygen atoms in total. The van der Waals surface area contributed by atoms with Crippen molar-refractivity contribution >= 4 is 38.6 Å². The molecule has 0 saturated carbocycles. The van der Waals surface area contributed by atoms with Gasteiger partial charge in [0.25, 0.3) is 11.8 Å². The molecule has 50 heavy (non-hydrogen) atoms. The molecule has 2 amide bonds. The second-order valence-electron chi connectivity index (χ2n) is 12.6. The Morgan fingerprint density at radius 2 is 1.84 bits per heavy atom. The molecule has 3 aromatic heterocycles. The van der Waals surface area contributed by atoms with Crippen LogP contribution in [-0.2, 0) is 26.2 Å². The van der Waals surface area contributed by atoms with E-state index in [1.807, 2.05) is 62.4 Å². The Hall–Kier alpha value is -5.40. The predicted molar refractivity (Wildman–Crippen MR) is 192 cm³/mol. The lowest BCUT2D eigenvalue weighted by molar-refractivity contribution is 0.0610. The number of aromatic nitrogens is 6. The molecule has 0 spiro atoms. The molecule has 1 aliphatic rings. The van der Waals surface area contributed by atoms with E-state index in [9.17, 15) is 19.5 Å². The molecule has 0 fully saturated rings. The topological polar surface area (TPSA) is 140 Å². The first-order chi connectivity index (χ1) is 24.1. The quantitative estimate of drug-likeness (QED) is 0.227. The van der Waals surface area contributed by atoms with Crippen LogP contribution < -0.4 is 11.0 Å². The van der Waals surface area contributed by atoms with Crippen LogP contribution in [-0.4, -0.2) is 62.8 Å². The number of benzene rings is 3. The van der Waals surface area contributed by atoms with E-state index in [4.69, 9.17) is 0 Å². The van der Waals surface area contributed by atoms with E-state index in [0.717, 1.165) is 32.1 Å². The van der Waals surface area contributed by atoms with Gasteiger partial charge in [-0.25, -0.2) is 14.8 Å². The Morgan fingerprint density at radius 3 is 2.60 bits per heavy atom. The highest BCUT2D eigenvalue weighted by atomic mass is 79.9. The highest BCUT2D eigenvalue weighted by Gasteiger charge is 2.35. The van der Waals surface area contributed by atoms with Crippen LogP contribution in [0.25, 0.3) is 28.0 Å². The third-order valence-corrected chi connectivity index (χ3v) is 9.90. The van der Waals surface area contributed by atoms with Crippen molar-refractivity contribution < 1.29 is 14.7 Å². The molecule has 0 bridgehead atoms. The van der Waals surface area contributed by atoms with Crippen LogP contribution in [0.1, 0.15) is 51.5 Å². The van der Waals surface area contributed by atoms with Crippen LogP contribution in [0, 0.1) is 6.92 Å². The summed E-state index contributed by atoms with van der Waals surface area (Å²) in [6.07, 6.45) is 4.41. The third kappa shape index (κ3) is 6.14. The number of amides is 2. The molecule has 6 aromatic rings. The summed E-state index contributed by atoms with van der Waals surface area (Å²) in [5.41, 5.74) is 4.52. The zero-order valence-electron chi connectivity index (χ0n) is 27.7. The average Bonchev–Trinajstić information content (AvgIpc) is 3.64. The summed E-state index contributed by atoms with van der Waals surface area (Å²) in [7, 11) is 0. The highest BCUT2D eigenvalue weighted by Crippen LogP contribution is 2.28. The maximum atomic E-state index is 14.4. The molecular weight excluding hydrogens is 700 g/mol. The zero-order chi connectivity index (χ0) is 35.1. The Labute approximate surface area is 296 Å². The van der Waals surface area contributed by atoms with Crippen LogP contribution in [0.5, 0.6) is 0 Å². The minimum atomic E-state index is -0.596. The lowest BCUT2D eigenvalue weighted by Crippen LogP contribution is -2.47. The van der Waals surface area contributed by atoms with Gasteiger partial charge in [0.15, 0.2) is 5.82 Å². The predicted octanol–water partition coefficient (Wildman–Crippen LogP) is 4.87. The summed E-state index contributed by atoms with van der Waals surface area (Å²) in [5.74, 6) is -0.119. The Kier molecular flexibility index (Phi) is 8.93. The number of aliphatic hydroxyl groups excluding tert-OH is 1. The first kappa shape index (κ1) is 33.1. The molecule has 1 aliphatic heterocycles. The maximum absolute atomic E-state index is 14.4. The van der Waals surface area contributed by atoms with Gasteiger partial charge in [0.1, 0.15) is 5.69 Å². The van der Waals surface area contributed by atoms with Gasteiger partial charge in [-0.3, -0.25) is 23.4 Å². The van der Waals surface area contributed by atoms with E-state index in [2.05, 4.69) is 36.3 Å². The van der Waals surface area contributed by atoms with Crippen molar-refractivity contribution in [2.75, 3.05) is 0 Å². The van der Waals surface area contributed by atoms with Crippen molar-refractivity contribution in [1.82, 2.24) is 39.1 Å². The Morgan fingerprint density at radius 1 is 1.06 bits per heavy atom. The van der Waals surface area contributed by atoms with Gasteiger partial charge in [0.2, 0.25) is 0 Å².